The van der Waals surface area contributed by atoms with E-state index in [4.69, 9.17) is 0 Å². The first-order valence-electron chi connectivity index (χ1n) is 9.10. The average Bonchev–Trinajstić information content (AvgIpc) is 2.83. The van der Waals surface area contributed by atoms with Gasteiger partial charge in [-0.25, -0.2) is 9.69 Å². The van der Waals surface area contributed by atoms with Gasteiger partial charge in [0.05, 0.1) is 6.67 Å². The van der Waals surface area contributed by atoms with Crippen molar-refractivity contribution in [3.63, 3.8) is 0 Å². The van der Waals surface area contributed by atoms with Gasteiger partial charge in [0.2, 0.25) is 0 Å². The first-order chi connectivity index (χ1) is 12.0. The minimum atomic E-state index is -0.360. The Morgan fingerprint density at radius 3 is 2.44 bits per heavy atom. The Morgan fingerprint density at radius 2 is 1.80 bits per heavy atom. The number of rotatable bonds is 5. The van der Waals surface area contributed by atoms with Crippen molar-refractivity contribution < 1.29 is 9.59 Å². The molecule has 1 atom stereocenters. The second-order valence-electron chi connectivity index (χ2n) is 7.43. The highest BCUT2D eigenvalue weighted by atomic mass is 16.2. The lowest BCUT2D eigenvalue weighted by atomic mass is 10.0. The van der Waals surface area contributed by atoms with Gasteiger partial charge < -0.3 is 10.2 Å². The lowest BCUT2D eigenvalue weighted by Gasteiger charge is -2.37. The molecule has 1 N–H and O–H groups in total. The SMILES string of the molecule is Cc1ccccc1N1CCN(CN2C(=O)NC(CC(C)C)C2=O)CC1. The number of imide groups is 1. The van der Waals surface area contributed by atoms with E-state index in [9.17, 15) is 9.59 Å². The summed E-state index contributed by atoms with van der Waals surface area (Å²) < 4.78 is 0. The van der Waals surface area contributed by atoms with E-state index < -0.39 is 0 Å². The number of carbonyl (C=O) groups excluding carboxylic acids is 2. The van der Waals surface area contributed by atoms with Gasteiger partial charge in [-0.2, -0.15) is 0 Å². The maximum atomic E-state index is 12.5. The van der Waals surface area contributed by atoms with Crippen LogP contribution in [-0.2, 0) is 4.79 Å². The van der Waals surface area contributed by atoms with Crippen LogP contribution in [0.1, 0.15) is 25.8 Å². The van der Waals surface area contributed by atoms with Crippen LogP contribution in [0.3, 0.4) is 0 Å². The molecular weight excluding hydrogens is 316 g/mol. The summed E-state index contributed by atoms with van der Waals surface area (Å²) in [5.41, 5.74) is 2.55. The molecule has 25 heavy (non-hydrogen) atoms. The monoisotopic (exact) mass is 344 g/mol. The fourth-order valence-electron chi connectivity index (χ4n) is 3.59. The molecule has 0 bridgehead atoms. The number of carbonyl (C=O) groups is 2. The third kappa shape index (κ3) is 3.95. The number of para-hydroxylation sites is 1. The standard InChI is InChI=1S/C19H28N4O2/c1-14(2)12-16-18(24)23(19(25)20-16)13-21-8-10-22(11-9-21)17-7-5-4-6-15(17)3/h4-7,14,16H,8-13H2,1-3H3,(H,20,25). The van der Waals surface area contributed by atoms with Gasteiger partial charge in [0.25, 0.3) is 5.91 Å². The van der Waals surface area contributed by atoms with E-state index in [-0.39, 0.29) is 18.0 Å². The first-order valence-corrected chi connectivity index (χ1v) is 9.10. The molecule has 0 spiro atoms. The topological polar surface area (TPSA) is 55.9 Å². The van der Waals surface area contributed by atoms with Gasteiger partial charge in [-0.05, 0) is 30.9 Å². The molecule has 2 saturated heterocycles. The van der Waals surface area contributed by atoms with Crippen LogP contribution >= 0.6 is 0 Å². The highest BCUT2D eigenvalue weighted by molar-refractivity contribution is 6.04. The molecule has 0 aromatic heterocycles. The number of amides is 3. The molecule has 0 radical (unpaired) electrons. The molecular formula is C19H28N4O2. The summed E-state index contributed by atoms with van der Waals surface area (Å²) in [6.45, 7) is 10.2. The third-order valence-electron chi connectivity index (χ3n) is 4.98. The molecule has 0 aliphatic carbocycles. The van der Waals surface area contributed by atoms with Crippen molar-refractivity contribution in [2.45, 2.75) is 33.2 Å². The van der Waals surface area contributed by atoms with E-state index in [1.165, 1.54) is 16.2 Å². The number of aryl methyl sites for hydroxylation is 1. The second kappa shape index (κ2) is 7.44. The van der Waals surface area contributed by atoms with E-state index in [1.807, 2.05) is 0 Å². The summed E-state index contributed by atoms with van der Waals surface area (Å²) in [6.07, 6.45) is 0.697. The van der Waals surface area contributed by atoms with Crippen molar-refractivity contribution >= 4 is 17.6 Å². The number of hydrogen-bond donors (Lipinski definition) is 1. The van der Waals surface area contributed by atoms with E-state index in [2.05, 4.69) is 60.2 Å². The summed E-state index contributed by atoms with van der Waals surface area (Å²) in [5.74, 6) is 0.298. The molecule has 2 aliphatic rings. The van der Waals surface area contributed by atoms with Crippen molar-refractivity contribution in [1.82, 2.24) is 15.1 Å². The summed E-state index contributed by atoms with van der Waals surface area (Å²) >= 11 is 0. The van der Waals surface area contributed by atoms with Crippen molar-refractivity contribution in [1.29, 1.82) is 0 Å². The number of benzene rings is 1. The van der Waals surface area contributed by atoms with Gasteiger partial charge in [0, 0.05) is 31.9 Å². The molecule has 3 rings (SSSR count). The highest BCUT2D eigenvalue weighted by Crippen LogP contribution is 2.21. The minimum absolute atomic E-state index is 0.0833. The minimum Gasteiger partial charge on any atom is -0.369 e. The summed E-state index contributed by atoms with van der Waals surface area (Å²) in [4.78, 5) is 30.5. The Labute approximate surface area is 149 Å². The van der Waals surface area contributed by atoms with Gasteiger partial charge in [-0.1, -0.05) is 32.0 Å². The Kier molecular flexibility index (Phi) is 5.27. The quantitative estimate of drug-likeness (QED) is 0.831. The molecule has 1 unspecified atom stereocenters. The summed E-state index contributed by atoms with van der Waals surface area (Å²) in [7, 11) is 0. The van der Waals surface area contributed by atoms with Crippen LogP contribution in [0.4, 0.5) is 10.5 Å². The number of piperazine rings is 1. The Hall–Kier alpha value is -2.08. The number of anilines is 1. The van der Waals surface area contributed by atoms with Gasteiger partial charge in [-0.15, -0.1) is 0 Å². The maximum Gasteiger partial charge on any atom is 0.325 e. The van der Waals surface area contributed by atoms with Crippen molar-refractivity contribution in [3.05, 3.63) is 29.8 Å². The van der Waals surface area contributed by atoms with E-state index >= 15 is 0 Å². The molecule has 6 nitrogen and oxygen atoms in total. The fourth-order valence-corrected chi connectivity index (χ4v) is 3.59. The van der Waals surface area contributed by atoms with Crippen LogP contribution in [0.2, 0.25) is 0 Å². The smallest absolute Gasteiger partial charge is 0.325 e. The van der Waals surface area contributed by atoms with E-state index in [1.54, 1.807) is 0 Å². The second-order valence-corrected chi connectivity index (χ2v) is 7.43. The fraction of sp³-hybridized carbons (Fsp3) is 0.579. The van der Waals surface area contributed by atoms with Gasteiger partial charge in [0.15, 0.2) is 0 Å². The lowest BCUT2D eigenvalue weighted by molar-refractivity contribution is -0.129. The van der Waals surface area contributed by atoms with E-state index in [0.29, 0.717) is 19.0 Å². The molecule has 2 heterocycles. The lowest BCUT2D eigenvalue weighted by Crippen LogP contribution is -2.51. The van der Waals surface area contributed by atoms with Crippen LogP contribution in [0, 0.1) is 12.8 Å². The zero-order valence-electron chi connectivity index (χ0n) is 15.4. The predicted molar refractivity (Wildman–Crippen MR) is 98.5 cm³/mol. The van der Waals surface area contributed by atoms with Crippen LogP contribution < -0.4 is 10.2 Å². The zero-order valence-corrected chi connectivity index (χ0v) is 15.4. The summed E-state index contributed by atoms with van der Waals surface area (Å²) in [6, 6.07) is 7.79. The Balaban J connectivity index is 1.55. The largest absolute Gasteiger partial charge is 0.369 e. The van der Waals surface area contributed by atoms with Gasteiger partial charge in [0.1, 0.15) is 6.04 Å². The molecule has 6 heteroatoms. The number of nitrogens with one attached hydrogen (secondary N) is 1. The van der Waals surface area contributed by atoms with Gasteiger partial charge >= 0.3 is 6.03 Å². The molecule has 2 fully saturated rings. The van der Waals surface area contributed by atoms with E-state index in [0.717, 1.165) is 26.2 Å². The molecule has 2 aliphatic heterocycles. The van der Waals surface area contributed by atoms with Gasteiger partial charge in [-0.3, -0.25) is 9.69 Å². The molecule has 1 aromatic rings. The molecule has 0 saturated carbocycles. The number of hydrogen-bond acceptors (Lipinski definition) is 4. The highest BCUT2D eigenvalue weighted by Gasteiger charge is 2.39. The normalized spacial score (nSPS) is 22.0. The Morgan fingerprint density at radius 1 is 1.12 bits per heavy atom. The Bertz CT molecular complexity index is 638. The zero-order chi connectivity index (χ0) is 18.0. The first kappa shape index (κ1) is 17.7. The average molecular weight is 344 g/mol. The molecule has 1 aromatic carbocycles. The summed E-state index contributed by atoms with van der Waals surface area (Å²) in [5, 5.41) is 2.82. The molecule has 136 valence electrons. The number of urea groups is 1. The molecule has 3 amide bonds. The van der Waals surface area contributed by atoms with Crippen molar-refractivity contribution in [2.75, 3.05) is 37.7 Å². The maximum absolute atomic E-state index is 12.5. The van der Waals surface area contributed by atoms with Crippen LogP contribution in [0.25, 0.3) is 0 Å². The van der Waals surface area contributed by atoms with Crippen molar-refractivity contribution in [3.8, 4) is 0 Å². The number of nitrogens with zero attached hydrogens (tertiary/aromatic N) is 3. The predicted octanol–water partition coefficient (Wildman–Crippen LogP) is 2.04. The van der Waals surface area contributed by atoms with Crippen LogP contribution in [0.5, 0.6) is 0 Å². The van der Waals surface area contributed by atoms with Crippen LogP contribution in [-0.4, -0.2) is 60.6 Å². The van der Waals surface area contributed by atoms with Crippen molar-refractivity contribution in [2.24, 2.45) is 5.92 Å². The third-order valence-corrected chi connectivity index (χ3v) is 4.98. The van der Waals surface area contributed by atoms with Crippen LogP contribution in [0.15, 0.2) is 24.3 Å².